The lowest BCUT2D eigenvalue weighted by atomic mass is 9.65. The average molecular weight is 585 g/mol. The zero-order chi connectivity index (χ0) is 31.1. The normalized spacial score (nSPS) is 18.0. The second kappa shape index (κ2) is 9.69. The van der Waals surface area contributed by atoms with Gasteiger partial charge in [-0.2, -0.15) is 0 Å². The number of allylic oxidation sites excluding steroid dienone is 4. The summed E-state index contributed by atoms with van der Waals surface area (Å²) in [7, 11) is 0. The van der Waals surface area contributed by atoms with Crippen LogP contribution in [0.4, 0.5) is 0 Å². The monoisotopic (exact) mass is 584 g/mol. The first-order chi connectivity index (χ1) is 21.6. The Morgan fingerprint density at radius 1 is 0.600 bits per heavy atom. The van der Waals surface area contributed by atoms with E-state index in [1.165, 1.54) is 50.1 Å². The summed E-state index contributed by atoms with van der Waals surface area (Å²) in [6.45, 7) is 14.0. The molecule has 0 fully saturated rings. The largest absolute Gasteiger partial charge is 0.455 e. The van der Waals surface area contributed by atoms with E-state index in [9.17, 15) is 0 Å². The minimum atomic E-state index is -0.399. The molecular formula is C44H40O. The molecule has 6 aromatic rings. The summed E-state index contributed by atoms with van der Waals surface area (Å²) < 4.78 is 6.43. The first kappa shape index (κ1) is 27.9. The van der Waals surface area contributed by atoms with Crippen LogP contribution in [0.25, 0.3) is 38.6 Å². The van der Waals surface area contributed by atoms with Crippen molar-refractivity contribution in [3.05, 3.63) is 160 Å². The Hall–Kier alpha value is -4.62. The Labute approximate surface area is 266 Å². The van der Waals surface area contributed by atoms with E-state index >= 15 is 0 Å². The summed E-state index contributed by atoms with van der Waals surface area (Å²) in [5.41, 5.74) is 15.1. The van der Waals surface area contributed by atoms with Gasteiger partial charge in [-0.3, -0.25) is 0 Å². The van der Waals surface area contributed by atoms with E-state index in [-0.39, 0.29) is 10.8 Å². The predicted octanol–water partition coefficient (Wildman–Crippen LogP) is 12.0. The molecule has 5 aromatic carbocycles. The molecule has 0 spiro atoms. The van der Waals surface area contributed by atoms with Crippen LogP contribution in [0.5, 0.6) is 0 Å². The lowest BCUT2D eigenvalue weighted by molar-refractivity contribution is 0.497. The van der Waals surface area contributed by atoms with Crippen molar-refractivity contribution in [1.82, 2.24) is 0 Å². The molecule has 1 heterocycles. The Bertz CT molecular complexity index is 2170. The van der Waals surface area contributed by atoms with E-state index in [0.717, 1.165) is 33.9 Å². The van der Waals surface area contributed by atoms with Crippen molar-refractivity contribution in [2.75, 3.05) is 0 Å². The molecule has 0 amide bonds. The molecule has 0 N–H and O–H groups in total. The topological polar surface area (TPSA) is 13.1 Å². The highest BCUT2D eigenvalue weighted by Crippen LogP contribution is 2.60. The van der Waals surface area contributed by atoms with Crippen LogP contribution in [0.1, 0.15) is 75.8 Å². The van der Waals surface area contributed by atoms with E-state index < -0.39 is 5.41 Å². The molecule has 0 bridgehead atoms. The van der Waals surface area contributed by atoms with Crippen molar-refractivity contribution >= 4 is 27.5 Å². The Kier molecular flexibility index (Phi) is 6.01. The molecule has 1 aromatic heterocycles. The van der Waals surface area contributed by atoms with E-state index in [2.05, 4.69) is 157 Å². The highest BCUT2D eigenvalue weighted by Gasteiger charge is 2.49. The fourth-order valence-corrected chi connectivity index (χ4v) is 7.73. The van der Waals surface area contributed by atoms with Gasteiger partial charge in [-0.25, -0.2) is 0 Å². The maximum Gasteiger partial charge on any atom is 0.143 e. The summed E-state index contributed by atoms with van der Waals surface area (Å²) in [4.78, 5) is 0. The maximum absolute atomic E-state index is 6.43. The van der Waals surface area contributed by atoms with Crippen LogP contribution < -0.4 is 0 Å². The molecule has 1 nitrogen and oxygen atoms in total. The molecule has 1 heteroatoms. The Balaban J connectivity index is 1.37. The van der Waals surface area contributed by atoms with Gasteiger partial charge in [-0.1, -0.05) is 162 Å². The number of rotatable bonds is 3. The minimum Gasteiger partial charge on any atom is -0.455 e. The van der Waals surface area contributed by atoms with E-state index in [0.29, 0.717) is 0 Å². The third kappa shape index (κ3) is 4.13. The van der Waals surface area contributed by atoms with E-state index in [4.69, 9.17) is 4.42 Å². The average Bonchev–Trinajstić information content (AvgIpc) is 3.71. The second-order valence-electron chi connectivity index (χ2n) is 15.0. The summed E-state index contributed by atoms with van der Waals surface area (Å²) in [6.07, 6.45) is 3.55. The van der Waals surface area contributed by atoms with Crippen molar-refractivity contribution < 1.29 is 4.42 Å². The molecular weight excluding hydrogens is 544 g/mol. The predicted molar refractivity (Wildman–Crippen MR) is 190 cm³/mol. The standard InChI is InChI=1S/C44H40O/c1-42(2,3)31-23-24-34-37-25-32(43(4,5)6)27-39(37)44(38(34)26-31,29-13-8-7-9-14-29)30-21-19-28(20-22-30)33-16-12-17-36-35-15-10-11-18-40(35)45-41(33)36/h7-24,26-27H,25H2,1-6H3. The smallest absolute Gasteiger partial charge is 0.143 e. The second-order valence-corrected chi connectivity index (χ2v) is 15.0. The Morgan fingerprint density at radius 3 is 2.02 bits per heavy atom. The van der Waals surface area contributed by atoms with E-state index in [1.807, 2.05) is 6.07 Å². The van der Waals surface area contributed by atoms with Gasteiger partial charge in [0.1, 0.15) is 11.2 Å². The van der Waals surface area contributed by atoms with Crippen molar-refractivity contribution in [1.29, 1.82) is 0 Å². The summed E-state index contributed by atoms with van der Waals surface area (Å²) in [6, 6.07) is 42.6. The molecule has 222 valence electrons. The maximum atomic E-state index is 6.43. The van der Waals surface area contributed by atoms with Crippen molar-refractivity contribution in [3.63, 3.8) is 0 Å². The van der Waals surface area contributed by atoms with Crippen LogP contribution in [-0.2, 0) is 10.8 Å². The van der Waals surface area contributed by atoms with Gasteiger partial charge in [-0.05, 0) is 67.8 Å². The third-order valence-corrected chi connectivity index (χ3v) is 10.2. The van der Waals surface area contributed by atoms with E-state index in [1.54, 1.807) is 0 Å². The zero-order valence-corrected chi connectivity index (χ0v) is 27.2. The van der Waals surface area contributed by atoms with Gasteiger partial charge in [0.2, 0.25) is 0 Å². The number of hydrogen-bond donors (Lipinski definition) is 0. The summed E-state index contributed by atoms with van der Waals surface area (Å²) >= 11 is 0. The van der Waals surface area contributed by atoms with Gasteiger partial charge in [-0.15, -0.1) is 0 Å². The van der Waals surface area contributed by atoms with Gasteiger partial charge in [0.15, 0.2) is 0 Å². The fourth-order valence-electron chi connectivity index (χ4n) is 7.73. The molecule has 0 radical (unpaired) electrons. The first-order valence-electron chi connectivity index (χ1n) is 16.2. The fraction of sp³-hybridized carbons (Fsp3) is 0.227. The molecule has 0 aliphatic heterocycles. The molecule has 1 atom stereocenters. The van der Waals surface area contributed by atoms with Crippen LogP contribution in [0.3, 0.4) is 0 Å². The van der Waals surface area contributed by atoms with Gasteiger partial charge in [0.25, 0.3) is 0 Å². The summed E-state index contributed by atoms with van der Waals surface area (Å²) in [5.74, 6) is 0. The number of benzene rings is 5. The molecule has 0 saturated heterocycles. The molecule has 45 heavy (non-hydrogen) atoms. The summed E-state index contributed by atoms with van der Waals surface area (Å²) in [5, 5.41) is 2.32. The third-order valence-electron chi connectivity index (χ3n) is 10.2. The van der Waals surface area contributed by atoms with Crippen molar-refractivity contribution in [2.45, 2.75) is 58.8 Å². The van der Waals surface area contributed by atoms with Crippen LogP contribution in [-0.4, -0.2) is 0 Å². The highest BCUT2D eigenvalue weighted by molar-refractivity contribution is 6.09. The molecule has 0 saturated carbocycles. The SMILES string of the molecule is CC(C)(C)C1=CC2=C(C1)c1ccc(C(C)(C)C)cc1C2(c1ccccc1)c1ccc(-c2cccc3c2oc2ccccc23)cc1. The van der Waals surface area contributed by atoms with Crippen LogP contribution in [0, 0.1) is 5.41 Å². The van der Waals surface area contributed by atoms with Gasteiger partial charge in [0.05, 0.1) is 5.41 Å². The minimum absolute atomic E-state index is 0.0476. The van der Waals surface area contributed by atoms with Crippen LogP contribution >= 0.6 is 0 Å². The lowest BCUT2D eigenvalue weighted by Crippen LogP contribution is -2.30. The molecule has 2 aliphatic carbocycles. The van der Waals surface area contributed by atoms with Crippen molar-refractivity contribution in [2.24, 2.45) is 5.41 Å². The first-order valence-corrected chi connectivity index (χ1v) is 16.2. The quantitative estimate of drug-likeness (QED) is 0.202. The number of hydrogen-bond acceptors (Lipinski definition) is 1. The van der Waals surface area contributed by atoms with Crippen molar-refractivity contribution in [3.8, 4) is 11.1 Å². The number of para-hydroxylation sites is 2. The zero-order valence-electron chi connectivity index (χ0n) is 27.2. The number of furan rings is 1. The van der Waals surface area contributed by atoms with Crippen LogP contribution in [0.15, 0.2) is 137 Å². The van der Waals surface area contributed by atoms with Crippen LogP contribution in [0.2, 0.25) is 0 Å². The Morgan fingerprint density at radius 2 is 1.29 bits per heavy atom. The highest BCUT2D eigenvalue weighted by atomic mass is 16.3. The van der Waals surface area contributed by atoms with Gasteiger partial charge in [0, 0.05) is 16.3 Å². The van der Waals surface area contributed by atoms with Gasteiger partial charge >= 0.3 is 0 Å². The molecule has 2 aliphatic rings. The van der Waals surface area contributed by atoms with Gasteiger partial charge < -0.3 is 4.42 Å². The number of fused-ring (bicyclic) bond motifs is 5. The lowest BCUT2D eigenvalue weighted by Gasteiger charge is -2.36. The molecule has 8 rings (SSSR count). The molecule has 1 unspecified atom stereocenters.